The fraction of sp³-hybridized carbons (Fsp3) is 0.316. The Morgan fingerprint density at radius 1 is 1.00 bits per heavy atom. The third kappa shape index (κ3) is 5.34. The summed E-state index contributed by atoms with van der Waals surface area (Å²) in [7, 11) is -2.89. The summed E-state index contributed by atoms with van der Waals surface area (Å²) in [5.74, 6) is 0.499. The molecule has 0 spiro atoms. The van der Waals surface area contributed by atoms with Crippen molar-refractivity contribution in [1.82, 2.24) is 0 Å². The zero-order chi connectivity index (χ0) is 17.7. The molecule has 1 fully saturated rings. The van der Waals surface area contributed by atoms with Crippen LogP contribution in [0.5, 0.6) is 0 Å². The molecule has 1 aliphatic heterocycles. The highest BCUT2D eigenvalue weighted by molar-refractivity contribution is 7.99. The first-order valence-electron chi connectivity index (χ1n) is 8.34. The predicted octanol–water partition coefficient (Wildman–Crippen LogP) is 3.99. The number of amides is 1. The number of anilines is 1. The summed E-state index contributed by atoms with van der Waals surface area (Å²) in [4.78, 5) is 14.5. The molecular weight excluding hydrogens is 354 g/mol. The molecule has 1 aliphatic rings. The second kappa shape index (κ2) is 8.06. The molecule has 6 heteroatoms. The van der Waals surface area contributed by atoms with E-state index in [0.717, 1.165) is 15.5 Å². The number of para-hydroxylation sites is 1. The van der Waals surface area contributed by atoms with Gasteiger partial charge in [-0.25, -0.2) is 8.42 Å². The van der Waals surface area contributed by atoms with E-state index >= 15 is 0 Å². The lowest BCUT2D eigenvalue weighted by molar-refractivity contribution is -0.117. The van der Waals surface area contributed by atoms with E-state index < -0.39 is 9.84 Å². The number of hydrogen-bond donors (Lipinski definition) is 1. The molecule has 132 valence electrons. The number of rotatable bonds is 5. The fourth-order valence-corrected chi connectivity index (χ4v) is 5.39. The van der Waals surface area contributed by atoms with E-state index in [2.05, 4.69) is 5.32 Å². The van der Waals surface area contributed by atoms with Crippen LogP contribution in [0.25, 0.3) is 0 Å². The summed E-state index contributed by atoms with van der Waals surface area (Å²) in [6.45, 7) is 0. The third-order valence-electron chi connectivity index (χ3n) is 4.28. The lowest BCUT2D eigenvalue weighted by Crippen LogP contribution is -2.26. The Morgan fingerprint density at radius 3 is 2.36 bits per heavy atom. The van der Waals surface area contributed by atoms with E-state index in [4.69, 9.17) is 0 Å². The highest BCUT2D eigenvalue weighted by Crippen LogP contribution is 2.33. The van der Waals surface area contributed by atoms with Crippen LogP contribution in [-0.2, 0) is 14.6 Å². The molecule has 0 radical (unpaired) electrons. The van der Waals surface area contributed by atoms with Crippen molar-refractivity contribution in [2.45, 2.75) is 29.1 Å². The van der Waals surface area contributed by atoms with E-state index in [0.29, 0.717) is 19.3 Å². The monoisotopic (exact) mass is 375 g/mol. The van der Waals surface area contributed by atoms with Crippen molar-refractivity contribution in [1.29, 1.82) is 0 Å². The van der Waals surface area contributed by atoms with Gasteiger partial charge in [-0.05, 0) is 43.0 Å². The first-order chi connectivity index (χ1) is 12.0. The molecule has 2 aromatic rings. The second-order valence-corrected chi connectivity index (χ2v) is 9.68. The van der Waals surface area contributed by atoms with Crippen LogP contribution >= 0.6 is 11.8 Å². The molecule has 3 rings (SSSR count). The topological polar surface area (TPSA) is 63.2 Å². The molecule has 0 unspecified atom stereocenters. The maximum absolute atomic E-state index is 12.4. The van der Waals surface area contributed by atoms with Crippen molar-refractivity contribution < 1.29 is 13.2 Å². The normalized spacial score (nSPS) is 17.1. The van der Waals surface area contributed by atoms with Gasteiger partial charge in [0, 0.05) is 16.2 Å². The van der Waals surface area contributed by atoms with E-state index in [1.165, 1.54) is 0 Å². The molecule has 1 saturated heterocycles. The highest BCUT2D eigenvalue weighted by Gasteiger charge is 2.25. The van der Waals surface area contributed by atoms with Crippen molar-refractivity contribution in [3.8, 4) is 0 Å². The Labute approximate surface area is 152 Å². The number of nitrogens with one attached hydrogen (secondary N) is 1. The average molecular weight is 376 g/mol. The average Bonchev–Trinajstić information content (AvgIpc) is 2.59. The van der Waals surface area contributed by atoms with E-state index in [-0.39, 0.29) is 23.3 Å². The van der Waals surface area contributed by atoms with Gasteiger partial charge in [0.1, 0.15) is 9.84 Å². The van der Waals surface area contributed by atoms with Gasteiger partial charge in [-0.15, -0.1) is 0 Å². The molecule has 1 N–H and O–H groups in total. The van der Waals surface area contributed by atoms with Gasteiger partial charge in [-0.3, -0.25) is 4.79 Å². The SMILES string of the molecule is O=C(CC1CCS(=O)(=O)CC1)Nc1ccccc1Sc1ccccc1. The van der Waals surface area contributed by atoms with Crippen molar-refractivity contribution in [2.24, 2.45) is 5.92 Å². The lowest BCUT2D eigenvalue weighted by Gasteiger charge is -2.21. The highest BCUT2D eigenvalue weighted by atomic mass is 32.2. The van der Waals surface area contributed by atoms with Crippen molar-refractivity contribution in [3.05, 3.63) is 54.6 Å². The van der Waals surface area contributed by atoms with Gasteiger partial charge in [-0.2, -0.15) is 0 Å². The lowest BCUT2D eigenvalue weighted by atomic mass is 9.98. The van der Waals surface area contributed by atoms with Crippen LogP contribution < -0.4 is 5.32 Å². The summed E-state index contributed by atoms with van der Waals surface area (Å²) in [5, 5.41) is 2.99. The predicted molar refractivity (Wildman–Crippen MR) is 102 cm³/mol. The largest absolute Gasteiger partial charge is 0.325 e. The van der Waals surface area contributed by atoms with Gasteiger partial charge >= 0.3 is 0 Å². The molecule has 0 saturated carbocycles. The number of carbonyl (C=O) groups excluding carboxylic acids is 1. The van der Waals surface area contributed by atoms with Gasteiger partial charge in [0.05, 0.1) is 17.2 Å². The molecule has 0 aromatic heterocycles. The quantitative estimate of drug-likeness (QED) is 0.858. The Morgan fingerprint density at radius 2 is 1.64 bits per heavy atom. The minimum atomic E-state index is -2.89. The van der Waals surface area contributed by atoms with E-state index in [1.54, 1.807) is 11.8 Å². The second-order valence-electron chi connectivity index (χ2n) is 6.26. The van der Waals surface area contributed by atoms with Crippen molar-refractivity contribution >= 4 is 33.2 Å². The van der Waals surface area contributed by atoms with Crippen molar-refractivity contribution in [2.75, 3.05) is 16.8 Å². The molecule has 25 heavy (non-hydrogen) atoms. The smallest absolute Gasteiger partial charge is 0.224 e. The van der Waals surface area contributed by atoms with Crippen LogP contribution in [0.15, 0.2) is 64.4 Å². The summed E-state index contributed by atoms with van der Waals surface area (Å²) >= 11 is 1.61. The van der Waals surface area contributed by atoms with Crippen LogP contribution in [0.4, 0.5) is 5.69 Å². The summed E-state index contributed by atoms with van der Waals surface area (Å²) in [6, 6.07) is 17.8. The maximum atomic E-state index is 12.4. The van der Waals surface area contributed by atoms with Gasteiger partial charge in [0.2, 0.25) is 5.91 Å². The Hall–Kier alpha value is -1.79. The molecule has 0 atom stereocenters. The zero-order valence-electron chi connectivity index (χ0n) is 13.9. The maximum Gasteiger partial charge on any atom is 0.224 e. The molecule has 1 amide bonds. The summed E-state index contributed by atoms with van der Waals surface area (Å²) in [6.07, 6.45) is 1.53. The number of hydrogen-bond acceptors (Lipinski definition) is 4. The van der Waals surface area contributed by atoms with Crippen LogP contribution in [0, 0.1) is 5.92 Å². The van der Waals surface area contributed by atoms with E-state index in [1.807, 2.05) is 54.6 Å². The summed E-state index contributed by atoms with van der Waals surface area (Å²) in [5.41, 5.74) is 0.796. The first-order valence-corrected chi connectivity index (χ1v) is 11.0. The third-order valence-corrected chi connectivity index (χ3v) is 7.08. The van der Waals surface area contributed by atoms with E-state index in [9.17, 15) is 13.2 Å². The van der Waals surface area contributed by atoms with Crippen LogP contribution in [-0.4, -0.2) is 25.8 Å². The Kier molecular flexibility index (Phi) is 5.81. The number of sulfone groups is 1. The van der Waals surface area contributed by atoms with Gasteiger partial charge < -0.3 is 5.32 Å². The number of benzene rings is 2. The van der Waals surface area contributed by atoms with Crippen LogP contribution in [0.1, 0.15) is 19.3 Å². The molecular formula is C19H21NO3S2. The first kappa shape index (κ1) is 18.0. The standard InChI is InChI=1S/C19H21NO3S2/c21-19(14-15-10-12-25(22,23)13-11-15)20-17-8-4-5-9-18(17)24-16-6-2-1-3-7-16/h1-9,15H,10-14H2,(H,20,21). The van der Waals surface area contributed by atoms with Crippen LogP contribution in [0.2, 0.25) is 0 Å². The minimum Gasteiger partial charge on any atom is -0.325 e. The van der Waals surface area contributed by atoms with Crippen LogP contribution in [0.3, 0.4) is 0 Å². The molecule has 2 aromatic carbocycles. The molecule has 0 bridgehead atoms. The van der Waals surface area contributed by atoms with Gasteiger partial charge in [-0.1, -0.05) is 42.1 Å². The molecule has 4 nitrogen and oxygen atoms in total. The molecule has 1 heterocycles. The van der Waals surface area contributed by atoms with Crippen molar-refractivity contribution in [3.63, 3.8) is 0 Å². The number of carbonyl (C=O) groups is 1. The fourth-order valence-electron chi connectivity index (χ4n) is 2.88. The Balaban J connectivity index is 1.62. The molecule has 0 aliphatic carbocycles. The summed E-state index contributed by atoms with van der Waals surface area (Å²) < 4.78 is 23.0. The Bertz CT molecular complexity index is 821. The van der Waals surface area contributed by atoms with Gasteiger partial charge in [0.25, 0.3) is 0 Å². The zero-order valence-corrected chi connectivity index (χ0v) is 15.5. The minimum absolute atomic E-state index is 0.0505. The van der Waals surface area contributed by atoms with Gasteiger partial charge in [0.15, 0.2) is 0 Å².